The maximum Gasteiger partial charge on any atom is 0.0534 e. The third kappa shape index (κ3) is 3.93. The molecule has 2 N–H and O–H groups in total. The van der Waals surface area contributed by atoms with Crippen LogP contribution in [0.25, 0.3) is 0 Å². The molecule has 1 fully saturated rings. The average Bonchev–Trinajstić information content (AvgIpc) is 3.05. The third-order valence-corrected chi connectivity index (χ3v) is 4.34. The molecule has 2 aromatic rings. The summed E-state index contributed by atoms with van der Waals surface area (Å²) in [5.41, 5.74) is 2.65. The van der Waals surface area contributed by atoms with Gasteiger partial charge in [-0.1, -0.05) is 30.3 Å². The Hall–Kier alpha value is -1.65. The summed E-state index contributed by atoms with van der Waals surface area (Å²) in [6.45, 7) is 5.63. The molecule has 1 aliphatic rings. The summed E-state index contributed by atoms with van der Waals surface area (Å²) >= 11 is 0. The fourth-order valence-corrected chi connectivity index (χ4v) is 3.05. The van der Waals surface area contributed by atoms with Gasteiger partial charge in [-0.3, -0.25) is 10.00 Å². The van der Waals surface area contributed by atoms with Crippen molar-refractivity contribution in [2.45, 2.75) is 38.4 Å². The molecule has 0 amide bonds. The van der Waals surface area contributed by atoms with Gasteiger partial charge >= 0.3 is 0 Å². The lowest BCUT2D eigenvalue weighted by Crippen LogP contribution is -2.42. The minimum Gasteiger partial charge on any atom is -0.307 e. The first-order valence-corrected chi connectivity index (χ1v) is 7.82. The number of nitrogens with zero attached hydrogens (tertiary/aromatic N) is 2. The molecule has 1 aromatic heterocycles. The molecule has 1 unspecified atom stereocenters. The maximum absolute atomic E-state index is 4.02. The van der Waals surface area contributed by atoms with Crippen molar-refractivity contribution in [3.63, 3.8) is 0 Å². The lowest BCUT2D eigenvalue weighted by molar-refractivity contribution is 0.185. The number of H-pyrrole nitrogens is 1. The second-order valence-corrected chi connectivity index (χ2v) is 5.96. The predicted octanol–water partition coefficient (Wildman–Crippen LogP) is 2.72. The van der Waals surface area contributed by atoms with Crippen LogP contribution in [0.4, 0.5) is 0 Å². The fourth-order valence-electron chi connectivity index (χ4n) is 3.05. The van der Waals surface area contributed by atoms with Gasteiger partial charge in [-0.25, -0.2) is 0 Å². The van der Waals surface area contributed by atoms with Crippen LogP contribution in [0.1, 0.15) is 36.9 Å². The monoisotopic (exact) mass is 284 g/mol. The smallest absolute Gasteiger partial charge is 0.0534 e. The Bertz CT molecular complexity index is 515. The first-order chi connectivity index (χ1) is 10.3. The Morgan fingerprint density at radius 2 is 2.05 bits per heavy atom. The number of aromatic nitrogens is 2. The van der Waals surface area contributed by atoms with Crippen molar-refractivity contribution >= 4 is 0 Å². The number of benzene rings is 1. The molecular weight excluding hydrogens is 260 g/mol. The molecule has 3 rings (SSSR count). The van der Waals surface area contributed by atoms with Gasteiger partial charge in [0.1, 0.15) is 0 Å². The van der Waals surface area contributed by atoms with Crippen molar-refractivity contribution in [3.05, 3.63) is 53.9 Å². The Kier molecular flexibility index (Phi) is 4.68. The number of hydrogen-bond donors (Lipinski definition) is 2. The van der Waals surface area contributed by atoms with Crippen molar-refractivity contribution in [1.82, 2.24) is 20.4 Å². The van der Waals surface area contributed by atoms with E-state index in [0.29, 0.717) is 12.1 Å². The molecule has 0 aliphatic carbocycles. The van der Waals surface area contributed by atoms with Crippen molar-refractivity contribution in [2.75, 3.05) is 13.1 Å². The number of aromatic amines is 1. The van der Waals surface area contributed by atoms with E-state index in [2.05, 4.69) is 57.7 Å². The van der Waals surface area contributed by atoms with Crippen molar-refractivity contribution in [1.29, 1.82) is 0 Å². The van der Waals surface area contributed by atoms with Gasteiger partial charge in [0.2, 0.25) is 0 Å². The summed E-state index contributed by atoms with van der Waals surface area (Å²) in [7, 11) is 0. The van der Waals surface area contributed by atoms with Crippen molar-refractivity contribution < 1.29 is 0 Å². The van der Waals surface area contributed by atoms with Gasteiger partial charge in [0.05, 0.1) is 6.20 Å². The molecule has 1 aromatic carbocycles. The topological polar surface area (TPSA) is 44.0 Å². The largest absolute Gasteiger partial charge is 0.307 e. The van der Waals surface area contributed by atoms with E-state index in [9.17, 15) is 0 Å². The van der Waals surface area contributed by atoms with E-state index in [1.165, 1.54) is 37.1 Å². The van der Waals surface area contributed by atoms with Gasteiger partial charge in [0.25, 0.3) is 0 Å². The van der Waals surface area contributed by atoms with Crippen molar-refractivity contribution in [2.24, 2.45) is 0 Å². The van der Waals surface area contributed by atoms with E-state index in [-0.39, 0.29) is 0 Å². The number of hydrogen-bond acceptors (Lipinski definition) is 3. The molecular formula is C17H24N4. The summed E-state index contributed by atoms with van der Waals surface area (Å²) in [5, 5.41) is 10.6. The van der Waals surface area contributed by atoms with Crippen LogP contribution in [0.5, 0.6) is 0 Å². The van der Waals surface area contributed by atoms with Gasteiger partial charge in [-0.15, -0.1) is 0 Å². The quantitative estimate of drug-likeness (QED) is 0.887. The van der Waals surface area contributed by atoms with Crippen LogP contribution < -0.4 is 5.32 Å². The van der Waals surface area contributed by atoms with E-state index in [0.717, 1.165) is 6.54 Å². The summed E-state index contributed by atoms with van der Waals surface area (Å²) in [4.78, 5) is 2.55. The number of likely N-dealkylation sites (tertiary alicyclic amines) is 1. The molecule has 1 saturated heterocycles. The molecule has 4 nitrogen and oxygen atoms in total. The third-order valence-electron chi connectivity index (χ3n) is 4.34. The van der Waals surface area contributed by atoms with Gasteiger partial charge in [-0.2, -0.15) is 5.10 Å². The average molecular weight is 284 g/mol. The molecule has 1 atom stereocenters. The molecule has 112 valence electrons. The summed E-state index contributed by atoms with van der Waals surface area (Å²) in [6, 6.07) is 11.7. The van der Waals surface area contributed by atoms with Crippen LogP contribution >= 0.6 is 0 Å². The zero-order chi connectivity index (χ0) is 14.5. The van der Waals surface area contributed by atoms with Crippen LogP contribution in [-0.4, -0.2) is 34.2 Å². The highest BCUT2D eigenvalue weighted by molar-refractivity contribution is 5.14. The van der Waals surface area contributed by atoms with Gasteiger partial charge in [0, 0.05) is 30.4 Å². The standard InChI is InChI=1S/C17H24N4/c1-14(16-11-18-19-12-16)20-17-7-9-21(10-8-17)13-15-5-3-2-4-6-15/h2-6,11-12,14,17,20H,7-10,13H2,1H3,(H,18,19). The zero-order valence-corrected chi connectivity index (χ0v) is 12.6. The number of nitrogens with one attached hydrogen (secondary N) is 2. The van der Waals surface area contributed by atoms with Gasteiger partial charge in [0.15, 0.2) is 0 Å². The van der Waals surface area contributed by atoms with E-state index in [4.69, 9.17) is 0 Å². The molecule has 0 bridgehead atoms. The summed E-state index contributed by atoms with van der Waals surface area (Å²) in [6.07, 6.45) is 6.31. The van der Waals surface area contributed by atoms with E-state index >= 15 is 0 Å². The van der Waals surface area contributed by atoms with Crippen LogP contribution in [-0.2, 0) is 6.54 Å². The summed E-state index contributed by atoms with van der Waals surface area (Å²) < 4.78 is 0. The SMILES string of the molecule is CC(NC1CCN(Cc2ccccc2)CC1)c1cn[nH]c1. The van der Waals surface area contributed by atoms with E-state index in [1.54, 1.807) is 0 Å². The predicted molar refractivity (Wildman–Crippen MR) is 84.9 cm³/mol. The molecule has 2 heterocycles. The lowest BCUT2D eigenvalue weighted by atomic mass is 10.0. The van der Waals surface area contributed by atoms with Crippen LogP contribution in [0.15, 0.2) is 42.7 Å². The minimum absolute atomic E-state index is 0.370. The lowest BCUT2D eigenvalue weighted by Gasteiger charge is -2.33. The molecule has 0 saturated carbocycles. The fraction of sp³-hybridized carbons (Fsp3) is 0.471. The second kappa shape index (κ2) is 6.87. The number of piperidine rings is 1. The Labute approximate surface area is 126 Å². The van der Waals surface area contributed by atoms with Gasteiger partial charge < -0.3 is 5.32 Å². The Morgan fingerprint density at radius 3 is 2.71 bits per heavy atom. The first-order valence-electron chi connectivity index (χ1n) is 7.82. The minimum atomic E-state index is 0.370. The van der Waals surface area contributed by atoms with Gasteiger partial charge in [-0.05, 0) is 38.4 Å². The molecule has 4 heteroatoms. The maximum atomic E-state index is 4.02. The molecule has 1 aliphatic heterocycles. The summed E-state index contributed by atoms with van der Waals surface area (Å²) in [5.74, 6) is 0. The van der Waals surface area contributed by atoms with E-state index < -0.39 is 0 Å². The normalized spacial score (nSPS) is 18.7. The highest BCUT2D eigenvalue weighted by Gasteiger charge is 2.21. The van der Waals surface area contributed by atoms with Crippen LogP contribution in [0.2, 0.25) is 0 Å². The van der Waals surface area contributed by atoms with Crippen LogP contribution in [0.3, 0.4) is 0 Å². The van der Waals surface area contributed by atoms with Crippen LogP contribution in [0, 0.1) is 0 Å². The molecule has 0 radical (unpaired) electrons. The van der Waals surface area contributed by atoms with E-state index in [1.807, 2.05) is 12.4 Å². The highest BCUT2D eigenvalue weighted by atomic mass is 15.1. The second-order valence-electron chi connectivity index (χ2n) is 5.96. The molecule has 21 heavy (non-hydrogen) atoms. The molecule has 0 spiro atoms. The highest BCUT2D eigenvalue weighted by Crippen LogP contribution is 2.17. The zero-order valence-electron chi connectivity index (χ0n) is 12.6. The Balaban J connectivity index is 1.45. The number of rotatable bonds is 5. The Morgan fingerprint density at radius 1 is 1.29 bits per heavy atom. The van der Waals surface area contributed by atoms with Crippen molar-refractivity contribution in [3.8, 4) is 0 Å². The first kappa shape index (κ1) is 14.3.